The zero-order valence-corrected chi connectivity index (χ0v) is 19.7. The fourth-order valence-corrected chi connectivity index (χ4v) is 4.59. The Morgan fingerprint density at radius 3 is 2.77 bits per heavy atom. The number of carbonyl (C=O) groups is 1. The summed E-state index contributed by atoms with van der Waals surface area (Å²) in [6, 6.07) is 10.8. The van der Waals surface area contributed by atoms with Gasteiger partial charge < -0.3 is 15.0 Å². The Labute approximate surface area is 206 Å². The van der Waals surface area contributed by atoms with Gasteiger partial charge in [0.1, 0.15) is 11.4 Å². The number of halogens is 1. The number of amides is 1. The number of aromatic nitrogens is 5. The third-order valence-corrected chi connectivity index (χ3v) is 6.65. The van der Waals surface area contributed by atoms with E-state index in [1.165, 1.54) is 12.3 Å². The van der Waals surface area contributed by atoms with Gasteiger partial charge in [-0.3, -0.25) is 14.8 Å². The second-order valence-corrected chi connectivity index (χ2v) is 9.58. The molecular weight excluding hydrogens is 466 g/mol. The zero-order chi connectivity index (χ0) is 24.0. The second-order valence-electron chi connectivity index (χ2n) is 9.14. The molecule has 1 N–H and O–H groups in total. The van der Waals surface area contributed by atoms with E-state index in [4.69, 9.17) is 16.3 Å². The third-order valence-electron chi connectivity index (χ3n) is 6.42. The number of benzene rings is 1. The maximum Gasteiger partial charge on any atom is 0.274 e. The minimum atomic E-state index is -0.342. The van der Waals surface area contributed by atoms with Gasteiger partial charge in [0.05, 0.1) is 42.4 Å². The summed E-state index contributed by atoms with van der Waals surface area (Å²) in [7, 11) is 0. The summed E-state index contributed by atoms with van der Waals surface area (Å²) in [5, 5.41) is 12.0. The van der Waals surface area contributed by atoms with E-state index in [0.29, 0.717) is 16.1 Å². The van der Waals surface area contributed by atoms with Gasteiger partial charge in [0, 0.05) is 41.8 Å². The van der Waals surface area contributed by atoms with Crippen molar-refractivity contribution in [3.8, 4) is 16.9 Å². The largest absolute Gasteiger partial charge is 0.380 e. The molecule has 6 rings (SSSR count). The van der Waals surface area contributed by atoms with Crippen LogP contribution in [0.2, 0.25) is 5.02 Å². The van der Waals surface area contributed by atoms with E-state index in [2.05, 4.69) is 36.6 Å². The molecular formula is C25H22ClN7O2. The molecule has 1 spiro atoms. The van der Waals surface area contributed by atoms with Crippen LogP contribution in [-0.2, 0) is 4.74 Å². The lowest BCUT2D eigenvalue weighted by Gasteiger charge is -2.55. The maximum absolute atomic E-state index is 12.6. The number of hydrogen-bond acceptors (Lipinski definition) is 7. The number of rotatable bonds is 5. The Kier molecular flexibility index (Phi) is 5.23. The van der Waals surface area contributed by atoms with Crippen molar-refractivity contribution >= 4 is 28.9 Å². The molecule has 2 aliphatic rings. The number of anilines is 2. The molecule has 0 unspecified atom stereocenters. The van der Waals surface area contributed by atoms with Crippen LogP contribution >= 0.6 is 11.6 Å². The topological polar surface area (TPSA) is 98.1 Å². The van der Waals surface area contributed by atoms with E-state index in [1.54, 1.807) is 16.9 Å². The highest BCUT2D eigenvalue weighted by molar-refractivity contribution is 6.30. The van der Waals surface area contributed by atoms with Crippen LogP contribution in [0.3, 0.4) is 0 Å². The quantitative estimate of drug-likeness (QED) is 0.457. The lowest BCUT2D eigenvalue weighted by atomic mass is 9.78. The summed E-state index contributed by atoms with van der Waals surface area (Å²) in [5.74, 6) is -0.342. The Morgan fingerprint density at radius 2 is 2.00 bits per heavy atom. The van der Waals surface area contributed by atoms with E-state index >= 15 is 0 Å². The van der Waals surface area contributed by atoms with Crippen molar-refractivity contribution in [3.63, 3.8) is 0 Å². The minimum Gasteiger partial charge on any atom is -0.380 e. The van der Waals surface area contributed by atoms with Crippen LogP contribution in [-0.4, -0.2) is 57.2 Å². The number of hydrogen-bond donors (Lipinski definition) is 1. The average molecular weight is 488 g/mol. The van der Waals surface area contributed by atoms with Gasteiger partial charge in [0.2, 0.25) is 0 Å². The first kappa shape index (κ1) is 21.7. The Hall–Kier alpha value is -3.82. The fourth-order valence-electron chi connectivity index (χ4n) is 4.43. The smallest absolute Gasteiger partial charge is 0.274 e. The first-order chi connectivity index (χ1) is 17.0. The molecule has 0 aliphatic carbocycles. The van der Waals surface area contributed by atoms with Crippen molar-refractivity contribution in [2.24, 2.45) is 5.41 Å². The summed E-state index contributed by atoms with van der Waals surface area (Å²) in [6.07, 6.45) is 7.04. The molecule has 4 aromatic rings. The van der Waals surface area contributed by atoms with Gasteiger partial charge >= 0.3 is 0 Å². The second kappa shape index (κ2) is 8.44. The molecule has 2 saturated heterocycles. The molecule has 5 heterocycles. The van der Waals surface area contributed by atoms with Crippen LogP contribution in [0, 0.1) is 12.3 Å². The van der Waals surface area contributed by atoms with E-state index in [1.807, 2.05) is 37.5 Å². The maximum atomic E-state index is 12.6. The van der Waals surface area contributed by atoms with E-state index in [0.717, 1.165) is 54.5 Å². The van der Waals surface area contributed by atoms with Crippen molar-refractivity contribution in [1.82, 2.24) is 25.0 Å². The van der Waals surface area contributed by atoms with Crippen molar-refractivity contribution in [2.75, 3.05) is 36.5 Å². The highest BCUT2D eigenvalue weighted by atomic mass is 35.5. The summed E-state index contributed by atoms with van der Waals surface area (Å²) in [5.41, 5.74) is 5.68. The van der Waals surface area contributed by atoms with Gasteiger partial charge in [-0.2, -0.15) is 0 Å². The third kappa shape index (κ3) is 4.13. The summed E-state index contributed by atoms with van der Waals surface area (Å²) in [4.78, 5) is 23.4. The van der Waals surface area contributed by atoms with Crippen LogP contribution in [0.5, 0.6) is 0 Å². The van der Waals surface area contributed by atoms with Gasteiger partial charge in [-0.15, -0.1) is 5.10 Å². The molecule has 0 radical (unpaired) electrons. The Morgan fingerprint density at radius 1 is 1.14 bits per heavy atom. The Balaban J connectivity index is 1.22. The SMILES string of the molecule is Cc1ccc(NC(=O)c2cc(Cl)ccn2)cc1-n1cc(-c2cncc(N3CC4(COC4)C3)c2)nn1. The molecule has 1 aromatic carbocycles. The van der Waals surface area contributed by atoms with Gasteiger partial charge in [0.25, 0.3) is 5.91 Å². The molecule has 10 heteroatoms. The highest BCUT2D eigenvalue weighted by Gasteiger charge is 2.49. The van der Waals surface area contributed by atoms with E-state index in [-0.39, 0.29) is 11.6 Å². The number of carbonyl (C=O) groups excluding carboxylic acids is 1. The summed E-state index contributed by atoms with van der Waals surface area (Å²) >= 11 is 5.98. The molecule has 0 bridgehead atoms. The van der Waals surface area contributed by atoms with Crippen molar-refractivity contribution in [3.05, 3.63) is 77.5 Å². The van der Waals surface area contributed by atoms with Crippen molar-refractivity contribution < 1.29 is 9.53 Å². The number of aryl methyl sites for hydroxylation is 1. The zero-order valence-electron chi connectivity index (χ0n) is 19.0. The highest BCUT2D eigenvalue weighted by Crippen LogP contribution is 2.40. The summed E-state index contributed by atoms with van der Waals surface area (Å²) in [6.45, 7) is 5.66. The van der Waals surface area contributed by atoms with E-state index in [9.17, 15) is 4.79 Å². The molecule has 0 atom stereocenters. The van der Waals surface area contributed by atoms with Crippen LogP contribution in [0.4, 0.5) is 11.4 Å². The number of nitrogens with zero attached hydrogens (tertiary/aromatic N) is 6. The summed E-state index contributed by atoms with van der Waals surface area (Å²) < 4.78 is 7.08. The number of pyridine rings is 2. The van der Waals surface area contributed by atoms with Gasteiger partial charge in [-0.05, 0) is 42.8 Å². The number of ether oxygens (including phenoxy) is 1. The first-order valence-electron chi connectivity index (χ1n) is 11.2. The molecule has 0 saturated carbocycles. The first-order valence-corrected chi connectivity index (χ1v) is 11.6. The molecule has 9 nitrogen and oxygen atoms in total. The number of nitrogens with one attached hydrogen (secondary N) is 1. The molecule has 176 valence electrons. The molecule has 2 fully saturated rings. The lowest BCUT2D eigenvalue weighted by Crippen LogP contribution is -2.66. The van der Waals surface area contributed by atoms with Gasteiger partial charge in [-0.1, -0.05) is 22.9 Å². The Bertz CT molecular complexity index is 1420. The van der Waals surface area contributed by atoms with Crippen molar-refractivity contribution in [2.45, 2.75) is 6.92 Å². The predicted octanol–water partition coefficient (Wildman–Crippen LogP) is 3.78. The molecule has 1 amide bonds. The lowest BCUT2D eigenvalue weighted by molar-refractivity contribution is -0.127. The molecule has 3 aromatic heterocycles. The monoisotopic (exact) mass is 487 g/mol. The average Bonchev–Trinajstić information content (AvgIpc) is 3.29. The van der Waals surface area contributed by atoms with Crippen LogP contribution in [0.15, 0.2) is 61.2 Å². The van der Waals surface area contributed by atoms with E-state index < -0.39 is 0 Å². The van der Waals surface area contributed by atoms with Crippen LogP contribution in [0.25, 0.3) is 16.9 Å². The fraction of sp³-hybridized carbons (Fsp3) is 0.240. The van der Waals surface area contributed by atoms with Gasteiger partial charge in [0.15, 0.2) is 0 Å². The van der Waals surface area contributed by atoms with Crippen molar-refractivity contribution in [1.29, 1.82) is 0 Å². The standard InChI is InChI=1S/C25H22ClN7O2/c1-16-2-3-19(29-24(34)21-7-18(26)4-5-28-21)8-23(16)33-11-22(30-31-33)17-6-20(10-27-9-17)32-12-25(13-32)14-35-15-25/h2-11H,12-15H2,1H3,(H,29,34). The van der Waals surface area contributed by atoms with Crippen LogP contribution in [0.1, 0.15) is 16.1 Å². The van der Waals surface area contributed by atoms with Gasteiger partial charge in [-0.25, -0.2) is 4.68 Å². The minimum absolute atomic E-state index is 0.244. The normalized spacial score (nSPS) is 16.0. The van der Waals surface area contributed by atoms with Crippen LogP contribution < -0.4 is 10.2 Å². The molecule has 2 aliphatic heterocycles. The predicted molar refractivity (Wildman–Crippen MR) is 132 cm³/mol. The molecule has 35 heavy (non-hydrogen) atoms.